The third-order valence-electron chi connectivity index (χ3n) is 3.52. The topological polar surface area (TPSA) is 142 Å². The number of hydrogen-bond donors (Lipinski definition) is 2. The van der Waals surface area contributed by atoms with Crippen molar-refractivity contribution in [3.63, 3.8) is 0 Å². The van der Waals surface area contributed by atoms with E-state index in [0.29, 0.717) is 5.75 Å². The SMILES string of the molecule is COc1nc(NC(=O)NS(=O)(=O)c2ccccc2Oc2ccccc2)nc(OC)n1. The lowest BCUT2D eigenvalue weighted by molar-refractivity contribution is 0.256. The van der Waals surface area contributed by atoms with E-state index in [1.54, 1.807) is 36.4 Å². The average Bonchev–Trinajstić information content (AvgIpc) is 2.74. The average molecular weight is 431 g/mol. The molecule has 30 heavy (non-hydrogen) atoms. The molecule has 0 aliphatic carbocycles. The molecule has 0 unspecified atom stereocenters. The Bertz CT molecular complexity index is 1120. The number of nitrogens with zero attached hydrogens (tertiary/aromatic N) is 3. The van der Waals surface area contributed by atoms with E-state index in [4.69, 9.17) is 14.2 Å². The molecule has 0 bridgehead atoms. The summed E-state index contributed by atoms with van der Waals surface area (Å²) in [6, 6.07) is 13.2. The number of carbonyl (C=O) groups is 1. The molecule has 0 spiro atoms. The van der Waals surface area contributed by atoms with Crippen LogP contribution in [0, 0.1) is 0 Å². The van der Waals surface area contributed by atoms with Crippen LogP contribution >= 0.6 is 0 Å². The lowest BCUT2D eigenvalue weighted by atomic mass is 10.3. The Kier molecular flexibility index (Phi) is 6.27. The Labute approximate surface area is 172 Å². The van der Waals surface area contributed by atoms with Crippen LogP contribution in [0.4, 0.5) is 10.7 Å². The van der Waals surface area contributed by atoms with Crippen LogP contribution in [-0.2, 0) is 10.0 Å². The first-order chi connectivity index (χ1) is 14.4. The highest BCUT2D eigenvalue weighted by Crippen LogP contribution is 2.28. The van der Waals surface area contributed by atoms with E-state index in [-0.39, 0.29) is 28.6 Å². The van der Waals surface area contributed by atoms with Crippen molar-refractivity contribution in [2.75, 3.05) is 19.5 Å². The first kappa shape index (κ1) is 20.8. The third kappa shape index (κ3) is 5.11. The third-order valence-corrected chi connectivity index (χ3v) is 4.89. The van der Waals surface area contributed by atoms with Crippen LogP contribution in [0.1, 0.15) is 0 Å². The summed E-state index contributed by atoms with van der Waals surface area (Å²) >= 11 is 0. The lowest BCUT2D eigenvalue weighted by Crippen LogP contribution is -2.35. The Morgan fingerprint density at radius 2 is 1.47 bits per heavy atom. The fourth-order valence-electron chi connectivity index (χ4n) is 2.25. The van der Waals surface area contributed by atoms with Crippen LogP contribution in [0.2, 0.25) is 0 Å². The van der Waals surface area contributed by atoms with Gasteiger partial charge < -0.3 is 14.2 Å². The van der Waals surface area contributed by atoms with Gasteiger partial charge in [-0.25, -0.2) is 17.9 Å². The number of rotatable bonds is 7. The zero-order valence-corrected chi connectivity index (χ0v) is 16.7. The number of anilines is 1. The first-order valence-corrected chi connectivity index (χ1v) is 9.89. The second-order valence-corrected chi connectivity index (χ2v) is 7.20. The van der Waals surface area contributed by atoms with Crippen molar-refractivity contribution in [2.45, 2.75) is 4.90 Å². The molecule has 0 atom stereocenters. The van der Waals surface area contributed by atoms with E-state index < -0.39 is 16.1 Å². The van der Waals surface area contributed by atoms with E-state index in [9.17, 15) is 13.2 Å². The quantitative estimate of drug-likeness (QED) is 0.575. The number of carbonyl (C=O) groups excluding carboxylic acids is 1. The van der Waals surface area contributed by atoms with Gasteiger partial charge in [0.15, 0.2) is 0 Å². The molecular formula is C18H17N5O6S. The molecule has 11 nitrogen and oxygen atoms in total. The molecule has 2 N–H and O–H groups in total. The van der Waals surface area contributed by atoms with Crippen molar-refractivity contribution in [1.82, 2.24) is 19.7 Å². The lowest BCUT2D eigenvalue weighted by Gasteiger charge is -2.12. The number of urea groups is 1. The van der Waals surface area contributed by atoms with E-state index >= 15 is 0 Å². The minimum Gasteiger partial charge on any atom is -0.467 e. The summed E-state index contributed by atoms with van der Waals surface area (Å²) < 4.78 is 42.7. The van der Waals surface area contributed by atoms with Gasteiger partial charge in [-0.2, -0.15) is 9.97 Å². The molecule has 0 saturated carbocycles. The number of sulfonamides is 1. The van der Waals surface area contributed by atoms with E-state index in [0.717, 1.165) is 0 Å². The first-order valence-electron chi connectivity index (χ1n) is 8.41. The van der Waals surface area contributed by atoms with Crippen molar-refractivity contribution >= 4 is 22.0 Å². The summed E-state index contributed by atoms with van der Waals surface area (Å²) in [5, 5.41) is 2.19. The van der Waals surface area contributed by atoms with Crippen molar-refractivity contribution in [1.29, 1.82) is 0 Å². The van der Waals surface area contributed by atoms with Crippen molar-refractivity contribution in [3.8, 4) is 23.5 Å². The minimum absolute atomic E-state index is 0.0486. The summed E-state index contributed by atoms with van der Waals surface area (Å²) in [5.74, 6) is 0.224. The molecule has 2 amide bonds. The van der Waals surface area contributed by atoms with Crippen LogP contribution in [-0.4, -0.2) is 43.6 Å². The van der Waals surface area contributed by atoms with Crippen LogP contribution < -0.4 is 24.2 Å². The van der Waals surface area contributed by atoms with Gasteiger partial charge in [0.05, 0.1) is 14.2 Å². The summed E-state index contributed by atoms with van der Waals surface area (Å²) in [6.45, 7) is 0. The zero-order valence-electron chi connectivity index (χ0n) is 15.9. The minimum atomic E-state index is -4.28. The fraction of sp³-hybridized carbons (Fsp3) is 0.111. The number of ether oxygens (including phenoxy) is 3. The maximum atomic E-state index is 12.7. The van der Waals surface area contributed by atoms with Gasteiger partial charge in [-0.05, 0) is 24.3 Å². The maximum absolute atomic E-state index is 12.7. The number of aromatic nitrogens is 3. The molecule has 3 rings (SSSR count). The number of nitrogens with one attached hydrogen (secondary N) is 2. The monoisotopic (exact) mass is 431 g/mol. The zero-order chi connectivity index (χ0) is 21.6. The molecule has 0 aliphatic rings. The number of benzene rings is 2. The fourth-order valence-corrected chi connectivity index (χ4v) is 3.29. The number of hydrogen-bond acceptors (Lipinski definition) is 9. The van der Waals surface area contributed by atoms with Crippen LogP contribution in [0.25, 0.3) is 0 Å². The number of methoxy groups -OCH3 is 2. The predicted molar refractivity (Wildman–Crippen MR) is 105 cm³/mol. The summed E-state index contributed by atoms with van der Waals surface area (Å²) in [5.41, 5.74) is 0. The molecule has 2 aromatic carbocycles. The van der Waals surface area contributed by atoms with E-state index in [1.807, 2.05) is 4.72 Å². The Morgan fingerprint density at radius 1 is 0.867 bits per heavy atom. The Balaban J connectivity index is 1.79. The molecule has 0 aliphatic heterocycles. The maximum Gasteiger partial charge on any atom is 0.335 e. The predicted octanol–water partition coefficient (Wildman–Crippen LogP) is 2.19. The molecule has 12 heteroatoms. The van der Waals surface area contributed by atoms with Gasteiger partial charge in [-0.15, -0.1) is 4.98 Å². The van der Waals surface area contributed by atoms with Gasteiger partial charge in [-0.3, -0.25) is 5.32 Å². The Morgan fingerprint density at radius 3 is 2.10 bits per heavy atom. The highest BCUT2D eigenvalue weighted by Gasteiger charge is 2.23. The normalized spacial score (nSPS) is 10.7. The van der Waals surface area contributed by atoms with Gasteiger partial charge in [0, 0.05) is 0 Å². The molecule has 0 saturated heterocycles. The summed E-state index contributed by atoms with van der Waals surface area (Å²) in [4.78, 5) is 23.4. The molecule has 3 aromatic rings. The number of amides is 2. The highest BCUT2D eigenvalue weighted by molar-refractivity contribution is 7.90. The van der Waals surface area contributed by atoms with E-state index in [1.165, 1.54) is 32.4 Å². The largest absolute Gasteiger partial charge is 0.467 e. The van der Waals surface area contributed by atoms with Crippen LogP contribution in [0.3, 0.4) is 0 Å². The smallest absolute Gasteiger partial charge is 0.335 e. The van der Waals surface area contributed by atoms with Gasteiger partial charge in [0.2, 0.25) is 5.95 Å². The highest BCUT2D eigenvalue weighted by atomic mass is 32.2. The number of para-hydroxylation sites is 2. The molecule has 0 fully saturated rings. The van der Waals surface area contributed by atoms with Crippen LogP contribution in [0.15, 0.2) is 59.5 Å². The molecule has 1 heterocycles. The van der Waals surface area contributed by atoms with Crippen molar-refractivity contribution in [2.24, 2.45) is 0 Å². The molecule has 156 valence electrons. The van der Waals surface area contributed by atoms with E-state index in [2.05, 4.69) is 20.3 Å². The van der Waals surface area contributed by atoms with Gasteiger partial charge in [-0.1, -0.05) is 30.3 Å². The second kappa shape index (κ2) is 9.05. The second-order valence-electron chi connectivity index (χ2n) is 5.55. The van der Waals surface area contributed by atoms with Crippen molar-refractivity contribution < 1.29 is 27.4 Å². The Hall–Kier alpha value is -3.93. The van der Waals surface area contributed by atoms with Gasteiger partial charge in [0.25, 0.3) is 10.0 Å². The molecular weight excluding hydrogens is 414 g/mol. The molecule has 0 radical (unpaired) electrons. The van der Waals surface area contributed by atoms with Gasteiger partial charge >= 0.3 is 18.1 Å². The summed E-state index contributed by atoms with van der Waals surface area (Å²) in [6.07, 6.45) is 0. The summed E-state index contributed by atoms with van der Waals surface area (Å²) in [7, 11) is -1.66. The standard InChI is InChI=1S/C18H17N5O6S/c1-27-17-20-15(21-18(22-17)28-2)19-16(24)23-30(25,26)14-11-7-6-10-13(14)29-12-8-4-3-5-9-12/h3-11H,1-2H3,(H2,19,20,21,22,23,24). The molecule has 1 aromatic heterocycles. The van der Waals surface area contributed by atoms with Crippen LogP contribution in [0.5, 0.6) is 23.5 Å². The van der Waals surface area contributed by atoms with Gasteiger partial charge in [0.1, 0.15) is 16.4 Å². The van der Waals surface area contributed by atoms with Crippen molar-refractivity contribution in [3.05, 3.63) is 54.6 Å².